The van der Waals surface area contributed by atoms with Gasteiger partial charge in [0.1, 0.15) is 12.4 Å². The predicted molar refractivity (Wildman–Crippen MR) is 126 cm³/mol. The standard InChI is InChI=1S/C24H22Cl2N2O4/c1-2-30-23-13-18(9-12-22(23)31-15-17-7-10-19(25)11-8-17)14-27-28-24(29)16-32-21-6-4-3-5-20(21)26/h3-14H,2,15-16H2,1H3,(H,28,29). The Morgan fingerprint density at radius 3 is 2.47 bits per heavy atom. The third kappa shape index (κ3) is 7.18. The van der Waals surface area contributed by atoms with E-state index in [1.54, 1.807) is 36.4 Å². The van der Waals surface area contributed by atoms with Crippen molar-refractivity contribution in [2.45, 2.75) is 13.5 Å². The summed E-state index contributed by atoms with van der Waals surface area (Å²) in [6.45, 7) is 2.55. The average molecular weight is 473 g/mol. The van der Waals surface area contributed by atoms with Crippen LogP contribution in [0.3, 0.4) is 0 Å². The molecule has 1 amide bonds. The highest BCUT2D eigenvalue weighted by molar-refractivity contribution is 6.32. The van der Waals surface area contributed by atoms with E-state index in [0.29, 0.717) is 40.5 Å². The zero-order chi connectivity index (χ0) is 22.8. The predicted octanol–water partition coefficient (Wildman–Crippen LogP) is 5.50. The third-order valence-corrected chi connectivity index (χ3v) is 4.74. The van der Waals surface area contributed by atoms with Crippen molar-refractivity contribution in [2.75, 3.05) is 13.2 Å². The van der Waals surface area contributed by atoms with Gasteiger partial charge in [0.05, 0.1) is 17.8 Å². The summed E-state index contributed by atoms with van der Waals surface area (Å²) < 4.78 is 16.9. The Hall–Kier alpha value is -3.22. The number of hydrogen-bond acceptors (Lipinski definition) is 5. The first-order chi connectivity index (χ1) is 15.5. The molecular formula is C24H22Cl2N2O4. The summed E-state index contributed by atoms with van der Waals surface area (Å²) in [6.07, 6.45) is 1.51. The molecule has 1 N–H and O–H groups in total. The quantitative estimate of drug-likeness (QED) is 0.312. The van der Waals surface area contributed by atoms with Crippen LogP contribution < -0.4 is 19.6 Å². The number of hydrogen-bond donors (Lipinski definition) is 1. The molecule has 0 aromatic heterocycles. The Morgan fingerprint density at radius 2 is 1.72 bits per heavy atom. The molecule has 0 fully saturated rings. The van der Waals surface area contributed by atoms with Gasteiger partial charge in [-0.25, -0.2) is 5.43 Å². The van der Waals surface area contributed by atoms with Crippen molar-refractivity contribution < 1.29 is 19.0 Å². The summed E-state index contributed by atoms with van der Waals surface area (Å²) in [7, 11) is 0. The zero-order valence-corrected chi connectivity index (χ0v) is 18.9. The van der Waals surface area contributed by atoms with Gasteiger partial charge in [0, 0.05) is 5.02 Å². The Morgan fingerprint density at radius 1 is 0.938 bits per heavy atom. The van der Waals surface area contributed by atoms with Gasteiger partial charge in [-0.15, -0.1) is 0 Å². The highest BCUT2D eigenvalue weighted by Crippen LogP contribution is 2.29. The molecule has 0 aliphatic heterocycles. The number of rotatable bonds is 10. The molecule has 3 aromatic rings. The van der Waals surface area contributed by atoms with Crippen molar-refractivity contribution in [2.24, 2.45) is 5.10 Å². The number of ether oxygens (including phenoxy) is 3. The van der Waals surface area contributed by atoms with Gasteiger partial charge in [-0.2, -0.15) is 5.10 Å². The summed E-state index contributed by atoms with van der Waals surface area (Å²) in [4.78, 5) is 11.9. The van der Waals surface area contributed by atoms with Gasteiger partial charge in [0.2, 0.25) is 0 Å². The van der Waals surface area contributed by atoms with E-state index in [1.165, 1.54) is 6.21 Å². The largest absolute Gasteiger partial charge is 0.490 e. The van der Waals surface area contributed by atoms with Crippen molar-refractivity contribution in [3.8, 4) is 17.2 Å². The van der Waals surface area contributed by atoms with E-state index >= 15 is 0 Å². The molecular weight excluding hydrogens is 451 g/mol. The van der Waals surface area contributed by atoms with Crippen LogP contribution in [0, 0.1) is 0 Å². The Labute approximate surface area is 196 Å². The molecule has 0 atom stereocenters. The minimum Gasteiger partial charge on any atom is -0.490 e. The maximum atomic E-state index is 11.9. The number of halogens is 2. The van der Waals surface area contributed by atoms with E-state index in [2.05, 4.69) is 10.5 Å². The number of benzene rings is 3. The first-order valence-corrected chi connectivity index (χ1v) is 10.6. The molecule has 0 aliphatic carbocycles. The van der Waals surface area contributed by atoms with Crippen LogP contribution in [0.5, 0.6) is 17.2 Å². The topological polar surface area (TPSA) is 69.2 Å². The molecule has 3 rings (SSSR count). The minimum absolute atomic E-state index is 0.206. The first-order valence-electron chi connectivity index (χ1n) is 9.88. The molecule has 0 bridgehead atoms. The number of nitrogens with one attached hydrogen (secondary N) is 1. The average Bonchev–Trinajstić information content (AvgIpc) is 2.79. The first kappa shape index (κ1) is 23.4. The Kier molecular flexibility index (Phi) is 8.78. The summed E-state index contributed by atoms with van der Waals surface area (Å²) >= 11 is 11.9. The normalized spacial score (nSPS) is 10.7. The highest BCUT2D eigenvalue weighted by Gasteiger charge is 2.08. The molecule has 0 heterocycles. The van der Waals surface area contributed by atoms with Crippen LogP contribution in [0.1, 0.15) is 18.1 Å². The van der Waals surface area contributed by atoms with Crippen molar-refractivity contribution in [1.82, 2.24) is 5.43 Å². The van der Waals surface area contributed by atoms with Crippen LogP contribution in [-0.4, -0.2) is 25.3 Å². The molecule has 0 aliphatic rings. The molecule has 0 saturated carbocycles. The van der Waals surface area contributed by atoms with Gasteiger partial charge < -0.3 is 14.2 Å². The van der Waals surface area contributed by atoms with Crippen LogP contribution in [0.2, 0.25) is 10.0 Å². The number of carbonyl (C=O) groups excluding carboxylic acids is 1. The molecule has 0 spiro atoms. The van der Waals surface area contributed by atoms with E-state index in [0.717, 1.165) is 11.1 Å². The number of hydrazone groups is 1. The van der Waals surface area contributed by atoms with Gasteiger partial charge in [-0.3, -0.25) is 4.79 Å². The molecule has 6 nitrogen and oxygen atoms in total. The smallest absolute Gasteiger partial charge is 0.277 e. The lowest BCUT2D eigenvalue weighted by molar-refractivity contribution is -0.123. The van der Waals surface area contributed by atoms with E-state index in [9.17, 15) is 4.79 Å². The molecule has 166 valence electrons. The van der Waals surface area contributed by atoms with E-state index in [1.807, 2.05) is 37.3 Å². The van der Waals surface area contributed by atoms with Crippen LogP contribution in [0.4, 0.5) is 0 Å². The summed E-state index contributed by atoms with van der Waals surface area (Å²) in [5, 5.41) is 5.07. The monoisotopic (exact) mass is 472 g/mol. The maximum absolute atomic E-state index is 11.9. The fraction of sp³-hybridized carbons (Fsp3) is 0.167. The lowest BCUT2D eigenvalue weighted by Crippen LogP contribution is -2.24. The van der Waals surface area contributed by atoms with Crippen molar-refractivity contribution in [3.05, 3.63) is 87.9 Å². The molecule has 8 heteroatoms. The number of para-hydroxylation sites is 1. The maximum Gasteiger partial charge on any atom is 0.277 e. The number of nitrogens with zero attached hydrogens (tertiary/aromatic N) is 1. The van der Waals surface area contributed by atoms with Gasteiger partial charge >= 0.3 is 0 Å². The van der Waals surface area contributed by atoms with Crippen molar-refractivity contribution in [3.63, 3.8) is 0 Å². The zero-order valence-electron chi connectivity index (χ0n) is 17.4. The summed E-state index contributed by atoms with van der Waals surface area (Å²) in [5.41, 5.74) is 4.14. The molecule has 0 radical (unpaired) electrons. The third-order valence-electron chi connectivity index (χ3n) is 4.17. The van der Waals surface area contributed by atoms with Gasteiger partial charge in [-0.1, -0.05) is 47.5 Å². The van der Waals surface area contributed by atoms with Crippen molar-refractivity contribution in [1.29, 1.82) is 0 Å². The lowest BCUT2D eigenvalue weighted by Gasteiger charge is -2.12. The van der Waals surface area contributed by atoms with E-state index in [4.69, 9.17) is 37.4 Å². The van der Waals surface area contributed by atoms with Gasteiger partial charge in [-0.05, 0) is 60.5 Å². The van der Waals surface area contributed by atoms with Crippen LogP contribution >= 0.6 is 23.2 Å². The summed E-state index contributed by atoms with van der Waals surface area (Å²) in [6, 6.07) is 19.8. The van der Waals surface area contributed by atoms with Crippen LogP contribution in [0.25, 0.3) is 0 Å². The molecule has 32 heavy (non-hydrogen) atoms. The minimum atomic E-state index is -0.408. The lowest BCUT2D eigenvalue weighted by atomic mass is 10.2. The van der Waals surface area contributed by atoms with Crippen LogP contribution in [-0.2, 0) is 11.4 Å². The van der Waals surface area contributed by atoms with E-state index < -0.39 is 5.91 Å². The highest BCUT2D eigenvalue weighted by atomic mass is 35.5. The van der Waals surface area contributed by atoms with E-state index in [-0.39, 0.29) is 6.61 Å². The van der Waals surface area contributed by atoms with Crippen molar-refractivity contribution >= 4 is 35.3 Å². The van der Waals surface area contributed by atoms with Gasteiger partial charge in [0.25, 0.3) is 5.91 Å². The van der Waals surface area contributed by atoms with Crippen LogP contribution in [0.15, 0.2) is 71.8 Å². The number of carbonyl (C=O) groups is 1. The fourth-order valence-corrected chi connectivity index (χ4v) is 2.97. The van der Waals surface area contributed by atoms with Gasteiger partial charge in [0.15, 0.2) is 18.1 Å². The second kappa shape index (κ2) is 12.0. The molecule has 0 saturated heterocycles. The fourth-order valence-electron chi connectivity index (χ4n) is 2.65. The Bertz CT molecular complexity index is 1070. The SMILES string of the molecule is CCOc1cc(C=NNC(=O)COc2ccccc2Cl)ccc1OCc1ccc(Cl)cc1. The Balaban J connectivity index is 1.55. The second-order valence-corrected chi connectivity index (χ2v) is 7.41. The molecule has 3 aromatic carbocycles. The summed E-state index contributed by atoms with van der Waals surface area (Å²) in [5.74, 6) is 1.22. The second-order valence-electron chi connectivity index (χ2n) is 6.57. The number of amides is 1. The molecule has 0 unspecified atom stereocenters.